The van der Waals surface area contributed by atoms with E-state index in [1.54, 1.807) is 6.07 Å². The predicted octanol–water partition coefficient (Wildman–Crippen LogP) is 3.20. The van der Waals surface area contributed by atoms with Gasteiger partial charge in [-0.15, -0.1) is 0 Å². The number of nitrogens with two attached hydrogens (primary N) is 1. The van der Waals surface area contributed by atoms with Crippen molar-refractivity contribution >= 4 is 0 Å². The van der Waals surface area contributed by atoms with Crippen LogP contribution in [0.2, 0.25) is 0 Å². The van der Waals surface area contributed by atoms with E-state index in [4.69, 9.17) is 10.8 Å². The zero-order valence-electron chi connectivity index (χ0n) is 13.7. The SMILES string of the molecule is CC.Cc1ccccc1O.NCC1(O)Cc2ccccc2C1. The molecule has 0 bridgehead atoms. The number of hydrogen-bond donors (Lipinski definition) is 3. The molecule has 3 nitrogen and oxygen atoms in total. The lowest BCUT2D eigenvalue weighted by Gasteiger charge is -2.18. The van der Waals surface area contributed by atoms with Crippen LogP contribution in [0.5, 0.6) is 5.75 Å². The fraction of sp³-hybridized carbons (Fsp3) is 0.368. The zero-order chi connectivity index (χ0) is 16.6. The van der Waals surface area contributed by atoms with Crippen molar-refractivity contribution in [2.24, 2.45) is 5.73 Å². The molecular formula is C19H27NO2. The van der Waals surface area contributed by atoms with Crippen LogP contribution in [0.1, 0.15) is 30.5 Å². The number of para-hydroxylation sites is 1. The number of fused-ring (bicyclic) bond motifs is 1. The fourth-order valence-corrected chi connectivity index (χ4v) is 2.38. The molecule has 0 fully saturated rings. The van der Waals surface area contributed by atoms with Gasteiger partial charge in [0.05, 0.1) is 5.60 Å². The number of aliphatic hydroxyl groups is 1. The lowest BCUT2D eigenvalue weighted by Crippen LogP contribution is -2.38. The van der Waals surface area contributed by atoms with E-state index < -0.39 is 5.60 Å². The standard InChI is InChI=1S/C10H13NO.C7H8O.C2H6/c11-7-10(12)5-8-3-1-2-4-9(8)6-10;1-6-4-2-3-5-7(6)8;1-2/h1-4,12H,5-7,11H2;2-5,8H,1H3;1-2H3. The quantitative estimate of drug-likeness (QED) is 0.758. The highest BCUT2D eigenvalue weighted by Gasteiger charge is 2.33. The van der Waals surface area contributed by atoms with Gasteiger partial charge < -0.3 is 15.9 Å². The second kappa shape index (κ2) is 8.57. The Morgan fingerprint density at radius 2 is 1.41 bits per heavy atom. The molecule has 3 rings (SSSR count). The van der Waals surface area contributed by atoms with Crippen molar-refractivity contribution in [3.8, 4) is 5.75 Å². The molecule has 0 spiro atoms. The summed E-state index contributed by atoms with van der Waals surface area (Å²) in [6.45, 7) is 6.22. The van der Waals surface area contributed by atoms with Crippen LogP contribution in [0.25, 0.3) is 0 Å². The first-order chi connectivity index (χ1) is 10.5. The van der Waals surface area contributed by atoms with Gasteiger partial charge in [0.1, 0.15) is 5.75 Å². The van der Waals surface area contributed by atoms with Gasteiger partial charge in [-0.3, -0.25) is 0 Å². The monoisotopic (exact) mass is 301 g/mol. The van der Waals surface area contributed by atoms with E-state index in [9.17, 15) is 5.11 Å². The summed E-state index contributed by atoms with van der Waals surface area (Å²) in [7, 11) is 0. The number of benzene rings is 2. The molecule has 0 aliphatic heterocycles. The van der Waals surface area contributed by atoms with Crippen molar-refractivity contribution in [2.75, 3.05) is 6.54 Å². The van der Waals surface area contributed by atoms with Crippen molar-refractivity contribution in [3.05, 3.63) is 65.2 Å². The van der Waals surface area contributed by atoms with Crippen molar-refractivity contribution in [1.29, 1.82) is 0 Å². The molecule has 0 aromatic heterocycles. The molecule has 0 saturated carbocycles. The molecule has 22 heavy (non-hydrogen) atoms. The topological polar surface area (TPSA) is 66.5 Å². The molecule has 0 radical (unpaired) electrons. The highest BCUT2D eigenvalue weighted by molar-refractivity contribution is 5.35. The molecule has 4 N–H and O–H groups in total. The Labute approximate surface area is 133 Å². The minimum absolute atomic E-state index is 0.349. The second-order valence-corrected chi connectivity index (χ2v) is 5.34. The first-order valence-electron chi connectivity index (χ1n) is 7.78. The van der Waals surface area contributed by atoms with E-state index in [0.29, 0.717) is 25.1 Å². The summed E-state index contributed by atoms with van der Waals surface area (Å²) >= 11 is 0. The van der Waals surface area contributed by atoms with Gasteiger partial charge in [0.2, 0.25) is 0 Å². The Morgan fingerprint density at radius 1 is 0.955 bits per heavy atom. The molecular weight excluding hydrogens is 274 g/mol. The normalized spacial score (nSPS) is 14.0. The van der Waals surface area contributed by atoms with E-state index in [1.807, 2.05) is 51.1 Å². The molecule has 3 heteroatoms. The zero-order valence-corrected chi connectivity index (χ0v) is 13.7. The highest BCUT2D eigenvalue weighted by atomic mass is 16.3. The van der Waals surface area contributed by atoms with E-state index in [-0.39, 0.29) is 0 Å². The van der Waals surface area contributed by atoms with Crippen LogP contribution in [-0.2, 0) is 12.8 Å². The largest absolute Gasteiger partial charge is 0.508 e. The van der Waals surface area contributed by atoms with Gasteiger partial charge in [-0.1, -0.05) is 56.3 Å². The van der Waals surface area contributed by atoms with Crippen LogP contribution in [0.4, 0.5) is 0 Å². The van der Waals surface area contributed by atoms with Gasteiger partial charge in [0.15, 0.2) is 0 Å². The summed E-state index contributed by atoms with van der Waals surface area (Å²) in [5.41, 5.74) is 8.23. The molecule has 1 aliphatic rings. The summed E-state index contributed by atoms with van der Waals surface area (Å²) in [6.07, 6.45) is 1.42. The maximum Gasteiger partial charge on any atom is 0.118 e. The van der Waals surface area contributed by atoms with Crippen LogP contribution in [-0.4, -0.2) is 22.4 Å². The maximum atomic E-state index is 9.90. The molecule has 1 aliphatic carbocycles. The van der Waals surface area contributed by atoms with Crippen LogP contribution in [0, 0.1) is 6.92 Å². The number of aromatic hydroxyl groups is 1. The number of rotatable bonds is 1. The number of hydrogen-bond acceptors (Lipinski definition) is 3. The molecule has 0 amide bonds. The summed E-state index contributed by atoms with van der Waals surface area (Å²) < 4.78 is 0. The predicted molar refractivity (Wildman–Crippen MR) is 92.0 cm³/mol. The molecule has 2 aromatic carbocycles. The third-order valence-corrected chi connectivity index (χ3v) is 3.65. The first-order valence-corrected chi connectivity index (χ1v) is 7.78. The third kappa shape index (κ3) is 4.86. The minimum Gasteiger partial charge on any atom is -0.508 e. The van der Waals surface area contributed by atoms with Gasteiger partial charge >= 0.3 is 0 Å². The first kappa shape index (κ1) is 18.2. The average molecular weight is 301 g/mol. The van der Waals surface area contributed by atoms with Crippen LogP contribution >= 0.6 is 0 Å². The van der Waals surface area contributed by atoms with Crippen molar-refractivity contribution in [3.63, 3.8) is 0 Å². The van der Waals surface area contributed by atoms with E-state index in [1.165, 1.54) is 11.1 Å². The van der Waals surface area contributed by atoms with Gasteiger partial charge in [-0.25, -0.2) is 0 Å². The Bertz CT molecular complexity index is 535. The van der Waals surface area contributed by atoms with Crippen molar-refractivity contribution in [1.82, 2.24) is 0 Å². The van der Waals surface area contributed by atoms with Gasteiger partial charge in [0, 0.05) is 19.4 Å². The van der Waals surface area contributed by atoms with Crippen molar-refractivity contribution in [2.45, 2.75) is 39.2 Å². The molecule has 0 unspecified atom stereocenters. The Balaban J connectivity index is 0.000000211. The number of phenols is 1. The van der Waals surface area contributed by atoms with E-state index in [2.05, 4.69) is 12.1 Å². The maximum absolute atomic E-state index is 9.90. The molecule has 2 aromatic rings. The molecule has 120 valence electrons. The lowest BCUT2D eigenvalue weighted by atomic mass is 10.0. The van der Waals surface area contributed by atoms with Gasteiger partial charge in [-0.05, 0) is 29.7 Å². The minimum atomic E-state index is -0.677. The summed E-state index contributed by atoms with van der Waals surface area (Å²) in [4.78, 5) is 0. The van der Waals surface area contributed by atoms with Gasteiger partial charge in [0.25, 0.3) is 0 Å². The summed E-state index contributed by atoms with van der Waals surface area (Å²) in [5, 5.41) is 18.8. The van der Waals surface area contributed by atoms with E-state index >= 15 is 0 Å². The summed E-state index contributed by atoms with van der Waals surface area (Å²) in [6, 6.07) is 15.4. The average Bonchev–Trinajstić information content (AvgIpc) is 2.90. The van der Waals surface area contributed by atoms with Crippen LogP contribution in [0.15, 0.2) is 48.5 Å². The smallest absolute Gasteiger partial charge is 0.118 e. The van der Waals surface area contributed by atoms with Crippen LogP contribution in [0.3, 0.4) is 0 Å². The third-order valence-electron chi connectivity index (χ3n) is 3.65. The van der Waals surface area contributed by atoms with E-state index in [0.717, 1.165) is 5.56 Å². The van der Waals surface area contributed by atoms with Crippen LogP contribution < -0.4 is 5.73 Å². The molecule has 0 saturated heterocycles. The molecule has 0 atom stereocenters. The Hall–Kier alpha value is -1.84. The van der Waals surface area contributed by atoms with Crippen molar-refractivity contribution < 1.29 is 10.2 Å². The fourth-order valence-electron chi connectivity index (χ4n) is 2.38. The van der Waals surface area contributed by atoms with Gasteiger partial charge in [-0.2, -0.15) is 0 Å². The second-order valence-electron chi connectivity index (χ2n) is 5.34. The molecule has 0 heterocycles. The Morgan fingerprint density at radius 3 is 1.77 bits per heavy atom. The number of aryl methyl sites for hydroxylation is 1. The summed E-state index contributed by atoms with van der Waals surface area (Å²) in [5.74, 6) is 0.368. The highest BCUT2D eigenvalue weighted by Crippen LogP contribution is 2.28. The lowest BCUT2D eigenvalue weighted by molar-refractivity contribution is 0.0606. The number of phenolic OH excluding ortho intramolecular Hbond substituents is 1. The Kier molecular flexibility index (Phi) is 7.09.